The second kappa shape index (κ2) is 9.16. The number of hydrogen-bond acceptors (Lipinski definition) is 4. The number of thiophene rings is 1. The quantitative estimate of drug-likeness (QED) is 0.652. The van der Waals surface area contributed by atoms with E-state index < -0.39 is 10.0 Å². The Balaban J connectivity index is 1.56. The van der Waals surface area contributed by atoms with Crippen LogP contribution in [-0.4, -0.2) is 31.7 Å². The number of nitrogens with one attached hydrogen (secondary N) is 1. The number of carbonyl (C=O) groups excluding carboxylic acids is 1. The molecule has 1 fully saturated rings. The first-order chi connectivity index (χ1) is 13.7. The normalized spacial score (nSPS) is 17.4. The molecule has 1 amide bonds. The van der Waals surface area contributed by atoms with E-state index in [0.29, 0.717) is 36.2 Å². The standard InChI is InChI=1S/C21H27ClN2O3S2/c1-14(2)16-4-6-18(7-5-16)23-21(25)15(3)17-10-12-24(13-11-17)29(26,27)20-9-8-19(22)28-20/h4-9,14-15,17H,10-13H2,1-3H3,(H,23,25). The molecule has 1 N–H and O–H groups in total. The molecule has 1 atom stereocenters. The van der Waals surface area contributed by atoms with Crippen LogP contribution in [0, 0.1) is 11.8 Å². The molecule has 29 heavy (non-hydrogen) atoms. The molecule has 1 unspecified atom stereocenters. The summed E-state index contributed by atoms with van der Waals surface area (Å²) in [4.78, 5) is 12.7. The van der Waals surface area contributed by atoms with Crippen LogP contribution in [0.1, 0.15) is 45.1 Å². The van der Waals surface area contributed by atoms with E-state index in [1.54, 1.807) is 12.1 Å². The minimum atomic E-state index is -3.50. The fourth-order valence-electron chi connectivity index (χ4n) is 3.60. The number of hydrogen-bond donors (Lipinski definition) is 1. The number of halogens is 1. The molecule has 1 aromatic heterocycles. The fourth-order valence-corrected chi connectivity index (χ4v) is 6.71. The summed E-state index contributed by atoms with van der Waals surface area (Å²) in [5, 5.41) is 2.99. The molecule has 1 aromatic carbocycles. The molecular weight excluding hydrogens is 428 g/mol. The highest BCUT2D eigenvalue weighted by molar-refractivity contribution is 7.91. The number of carbonyl (C=O) groups is 1. The highest BCUT2D eigenvalue weighted by atomic mass is 35.5. The smallest absolute Gasteiger partial charge is 0.252 e. The lowest BCUT2D eigenvalue weighted by Gasteiger charge is -2.33. The Morgan fingerprint density at radius 3 is 2.24 bits per heavy atom. The van der Waals surface area contributed by atoms with Gasteiger partial charge in [0.1, 0.15) is 4.21 Å². The van der Waals surface area contributed by atoms with E-state index in [0.717, 1.165) is 17.0 Å². The van der Waals surface area contributed by atoms with Crippen molar-refractivity contribution in [2.75, 3.05) is 18.4 Å². The predicted molar refractivity (Wildman–Crippen MR) is 119 cm³/mol. The van der Waals surface area contributed by atoms with E-state index in [4.69, 9.17) is 11.6 Å². The van der Waals surface area contributed by atoms with E-state index in [9.17, 15) is 13.2 Å². The van der Waals surface area contributed by atoms with Gasteiger partial charge in [0.15, 0.2) is 0 Å². The van der Waals surface area contributed by atoms with Crippen LogP contribution in [0.4, 0.5) is 5.69 Å². The number of nitrogens with zero attached hydrogens (tertiary/aromatic N) is 1. The number of sulfonamides is 1. The van der Waals surface area contributed by atoms with Gasteiger partial charge in [-0.05, 0) is 54.5 Å². The van der Waals surface area contributed by atoms with E-state index in [2.05, 4.69) is 19.2 Å². The topological polar surface area (TPSA) is 66.5 Å². The summed E-state index contributed by atoms with van der Waals surface area (Å²) in [6.07, 6.45) is 1.33. The molecule has 0 spiro atoms. The van der Waals surface area contributed by atoms with Crippen LogP contribution in [0.2, 0.25) is 4.34 Å². The van der Waals surface area contributed by atoms with Gasteiger partial charge in [0.2, 0.25) is 5.91 Å². The van der Waals surface area contributed by atoms with Gasteiger partial charge in [0, 0.05) is 24.7 Å². The summed E-state index contributed by atoms with van der Waals surface area (Å²) in [5.74, 6) is 0.406. The Labute approximate surface area is 182 Å². The predicted octanol–water partition coefficient (Wildman–Crippen LogP) is 5.20. The van der Waals surface area contributed by atoms with E-state index in [-0.39, 0.29) is 22.0 Å². The Morgan fingerprint density at radius 1 is 1.10 bits per heavy atom. The van der Waals surface area contributed by atoms with Crippen molar-refractivity contribution in [3.63, 3.8) is 0 Å². The van der Waals surface area contributed by atoms with Crippen molar-refractivity contribution in [2.24, 2.45) is 11.8 Å². The van der Waals surface area contributed by atoms with Gasteiger partial charge >= 0.3 is 0 Å². The summed E-state index contributed by atoms with van der Waals surface area (Å²) in [5.41, 5.74) is 2.03. The first-order valence-electron chi connectivity index (χ1n) is 9.85. The van der Waals surface area contributed by atoms with E-state index >= 15 is 0 Å². The van der Waals surface area contributed by atoms with Gasteiger partial charge in [0.25, 0.3) is 10.0 Å². The van der Waals surface area contributed by atoms with Gasteiger partial charge < -0.3 is 5.32 Å². The van der Waals surface area contributed by atoms with Crippen LogP contribution in [0.5, 0.6) is 0 Å². The summed E-state index contributed by atoms with van der Waals surface area (Å²) in [6.45, 7) is 7.03. The SMILES string of the molecule is CC(C)c1ccc(NC(=O)C(C)C2CCN(S(=O)(=O)c3ccc(Cl)s3)CC2)cc1. The molecule has 1 aliphatic heterocycles. The third-order valence-corrected chi connectivity index (χ3v) is 9.20. The second-order valence-corrected chi connectivity index (χ2v) is 11.7. The van der Waals surface area contributed by atoms with Crippen molar-refractivity contribution in [1.82, 2.24) is 4.31 Å². The highest BCUT2D eigenvalue weighted by Gasteiger charge is 2.34. The van der Waals surface area contributed by atoms with Gasteiger partial charge in [-0.3, -0.25) is 4.79 Å². The van der Waals surface area contributed by atoms with Gasteiger partial charge in [-0.1, -0.05) is 44.5 Å². The first-order valence-corrected chi connectivity index (χ1v) is 12.5. The molecular formula is C21H27ClN2O3S2. The Hall–Kier alpha value is -1.41. The van der Waals surface area contributed by atoms with Crippen LogP contribution >= 0.6 is 22.9 Å². The lowest BCUT2D eigenvalue weighted by Crippen LogP contribution is -2.41. The molecule has 2 heterocycles. The largest absolute Gasteiger partial charge is 0.326 e. The van der Waals surface area contributed by atoms with Gasteiger partial charge in [-0.25, -0.2) is 8.42 Å². The zero-order valence-electron chi connectivity index (χ0n) is 16.9. The van der Waals surface area contributed by atoms with Crippen molar-refractivity contribution in [2.45, 2.75) is 43.7 Å². The molecule has 158 valence electrons. The number of rotatable bonds is 6. The third kappa shape index (κ3) is 5.20. The molecule has 8 heteroatoms. The Morgan fingerprint density at radius 2 is 1.72 bits per heavy atom. The van der Waals surface area contributed by atoms with Crippen molar-refractivity contribution in [1.29, 1.82) is 0 Å². The average molecular weight is 455 g/mol. The Bertz CT molecular complexity index is 947. The van der Waals surface area contributed by atoms with Gasteiger partial charge in [0.05, 0.1) is 4.34 Å². The maximum absolute atomic E-state index is 12.7. The van der Waals surface area contributed by atoms with Crippen LogP contribution in [0.3, 0.4) is 0 Å². The van der Waals surface area contributed by atoms with Crippen molar-refractivity contribution < 1.29 is 13.2 Å². The summed E-state index contributed by atoms with van der Waals surface area (Å²) >= 11 is 6.96. The minimum Gasteiger partial charge on any atom is -0.326 e. The summed E-state index contributed by atoms with van der Waals surface area (Å²) in [6, 6.07) is 11.1. The van der Waals surface area contributed by atoms with Crippen molar-refractivity contribution in [3.8, 4) is 0 Å². The zero-order chi connectivity index (χ0) is 21.2. The van der Waals surface area contributed by atoms with E-state index in [1.165, 1.54) is 9.87 Å². The average Bonchev–Trinajstić information content (AvgIpc) is 3.15. The van der Waals surface area contributed by atoms with Crippen LogP contribution in [-0.2, 0) is 14.8 Å². The number of benzene rings is 1. The van der Waals surface area contributed by atoms with E-state index in [1.807, 2.05) is 31.2 Å². The minimum absolute atomic E-state index is 0.0198. The van der Waals surface area contributed by atoms with Crippen LogP contribution in [0.25, 0.3) is 0 Å². The first kappa shape index (κ1) is 22.3. The molecule has 0 radical (unpaired) electrons. The zero-order valence-corrected chi connectivity index (χ0v) is 19.3. The maximum atomic E-state index is 12.7. The third-order valence-electron chi connectivity index (χ3n) is 5.61. The molecule has 3 rings (SSSR count). The Kier molecular flexibility index (Phi) is 7.04. The lowest BCUT2D eigenvalue weighted by molar-refractivity contribution is -0.121. The lowest BCUT2D eigenvalue weighted by atomic mass is 9.85. The molecule has 0 saturated carbocycles. The molecule has 2 aromatic rings. The van der Waals surface area contributed by atoms with Crippen LogP contribution in [0.15, 0.2) is 40.6 Å². The molecule has 0 aliphatic carbocycles. The molecule has 5 nitrogen and oxygen atoms in total. The monoisotopic (exact) mass is 454 g/mol. The highest BCUT2D eigenvalue weighted by Crippen LogP contribution is 2.32. The van der Waals surface area contributed by atoms with Gasteiger partial charge in [-0.15, -0.1) is 11.3 Å². The van der Waals surface area contributed by atoms with Gasteiger partial charge in [-0.2, -0.15) is 4.31 Å². The van der Waals surface area contributed by atoms with Crippen molar-refractivity contribution >= 4 is 44.6 Å². The molecule has 1 aliphatic rings. The number of piperidine rings is 1. The summed E-state index contributed by atoms with van der Waals surface area (Å²) in [7, 11) is -3.50. The number of amides is 1. The second-order valence-electron chi connectivity index (χ2n) is 7.85. The van der Waals surface area contributed by atoms with Crippen molar-refractivity contribution in [3.05, 3.63) is 46.3 Å². The number of anilines is 1. The maximum Gasteiger partial charge on any atom is 0.252 e. The molecule has 0 bridgehead atoms. The molecule has 1 saturated heterocycles. The fraction of sp³-hybridized carbons (Fsp3) is 0.476. The summed E-state index contributed by atoms with van der Waals surface area (Å²) < 4.78 is 27.7. The van der Waals surface area contributed by atoms with Crippen LogP contribution < -0.4 is 5.32 Å².